The Morgan fingerprint density at radius 1 is 1.47 bits per heavy atom. The van der Waals surface area contributed by atoms with Gasteiger partial charge in [-0.1, -0.05) is 6.07 Å². The van der Waals surface area contributed by atoms with Gasteiger partial charge in [-0.15, -0.1) is 0 Å². The summed E-state index contributed by atoms with van der Waals surface area (Å²) >= 11 is 0. The summed E-state index contributed by atoms with van der Waals surface area (Å²) in [6, 6.07) is 5.02. The standard InChI is InChI=1S/C12H12O5/c1-7(13)17-11(12(14)15)9-2-3-10-8(6-9)4-5-16-10/h2-3,6,11H,4-5H2,1H3,(H,14,15). The van der Waals surface area contributed by atoms with Crippen LogP contribution in [0, 0.1) is 0 Å². The molecule has 1 N–H and O–H groups in total. The van der Waals surface area contributed by atoms with Crippen LogP contribution in [0.3, 0.4) is 0 Å². The molecule has 1 atom stereocenters. The molecule has 1 aromatic rings. The molecular weight excluding hydrogens is 224 g/mol. The molecule has 1 aromatic carbocycles. The fourth-order valence-electron chi connectivity index (χ4n) is 1.80. The van der Waals surface area contributed by atoms with Crippen LogP contribution in [-0.4, -0.2) is 23.7 Å². The number of hydrogen-bond donors (Lipinski definition) is 1. The van der Waals surface area contributed by atoms with Gasteiger partial charge < -0.3 is 14.6 Å². The van der Waals surface area contributed by atoms with Crippen LogP contribution in [0.25, 0.3) is 0 Å². The number of carbonyl (C=O) groups is 2. The van der Waals surface area contributed by atoms with Crippen LogP contribution in [0.4, 0.5) is 0 Å². The molecule has 5 nitrogen and oxygen atoms in total. The Bertz CT molecular complexity index is 466. The first kappa shape index (κ1) is 11.4. The number of ether oxygens (including phenoxy) is 2. The number of carboxylic acid groups (broad SMARTS) is 1. The van der Waals surface area contributed by atoms with Gasteiger partial charge in [0.1, 0.15) is 5.75 Å². The summed E-state index contributed by atoms with van der Waals surface area (Å²) < 4.78 is 10.1. The summed E-state index contributed by atoms with van der Waals surface area (Å²) in [6.45, 7) is 1.79. The van der Waals surface area contributed by atoms with Crippen molar-refractivity contribution in [1.29, 1.82) is 0 Å². The number of carboxylic acids is 1. The Morgan fingerprint density at radius 2 is 2.24 bits per heavy atom. The van der Waals surface area contributed by atoms with Crippen molar-refractivity contribution in [3.8, 4) is 5.75 Å². The average molecular weight is 236 g/mol. The van der Waals surface area contributed by atoms with Crippen molar-refractivity contribution in [2.75, 3.05) is 6.61 Å². The molecule has 1 aliphatic heterocycles. The van der Waals surface area contributed by atoms with Gasteiger partial charge in [-0.3, -0.25) is 4.79 Å². The monoisotopic (exact) mass is 236 g/mol. The summed E-state index contributed by atoms with van der Waals surface area (Å²) in [7, 11) is 0. The van der Waals surface area contributed by atoms with Gasteiger partial charge in [0.05, 0.1) is 6.61 Å². The van der Waals surface area contributed by atoms with Crippen LogP contribution in [0.15, 0.2) is 18.2 Å². The van der Waals surface area contributed by atoms with Crippen LogP contribution in [0.5, 0.6) is 5.75 Å². The number of hydrogen-bond acceptors (Lipinski definition) is 4. The van der Waals surface area contributed by atoms with E-state index in [1.165, 1.54) is 6.92 Å². The second kappa shape index (κ2) is 4.45. The molecule has 0 bridgehead atoms. The molecule has 0 saturated heterocycles. The maximum Gasteiger partial charge on any atom is 0.349 e. The summed E-state index contributed by atoms with van der Waals surface area (Å²) in [5, 5.41) is 9.02. The lowest BCUT2D eigenvalue weighted by Gasteiger charge is -2.13. The van der Waals surface area contributed by atoms with Crippen molar-refractivity contribution >= 4 is 11.9 Å². The van der Waals surface area contributed by atoms with E-state index in [2.05, 4.69) is 0 Å². The predicted molar refractivity (Wildman–Crippen MR) is 57.8 cm³/mol. The largest absolute Gasteiger partial charge is 0.493 e. The molecule has 17 heavy (non-hydrogen) atoms. The molecule has 1 unspecified atom stereocenters. The summed E-state index contributed by atoms with van der Waals surface area (Å²) in [6.07, 6.45) is -0.506. The third kappa shape index (κ3) is 2.38. The maximum atomic E-state index is 11.0. The van der Waals surface area contributed by atoms with Crippen molar-refractivity contribution < 1.29 is 24.2 Å². The zero-order valence-corrected chi connectivity index (χ0v) is 9.30. The van der Waals surface area contributed by atoms with Gasteiger partial charge >= 0.3 is 11.9 Å². The molecule has 0 spiro atoms. The van der Waals surface area contributed by atoms with Crippen molar-refractivity contribution in [3.05, 3.63) is 29.3 Å². The molecule has 0 radical (unpaired) electrons. The van der Waals surface area contributed by atoms with Crippen LogP contribution in [0.2, 0.25) is 0 Å². The molecule has 0 saturated carbocycles. The van der Waals surface area contributed by atoms with Gasteiger partial charge in [0, 0.05) is 18.9 Å². The minimum absolute atomic E-state index is 0.456. The molecule has 0 aliphatic carbocycles. The Labute approximate surface area is 98.0 Å². The number of esters is 1. The first-order valence-electron chi connectivity index (χ1n) is 5.23. The van der Waals surface area contributed by atoms with E-state index in [0.29, 0.717) is 12.2 Å². The summed E-state index contributed by atoms with van der Waals surface area (Å²) in [4.78, 5) is 21.9. The van der Waals surface area contributed by atoms with E-state index in [9.17, 15) is 9.59 Å². The van der Waals surface area contributed by atoms with Gasteiger partial charge in [-0.25, -0.2) is 4.79 Å². The highest BCUT2D eigenvalue weighted by Gasteiger charge is 2.25. The van der Waals surface area contributed by atoms with Crippen molar-refractivity contribution in [3.63, 3.8) is 0 Å². The third-order valence-corrected chi connectivity index (χ3v) is 2.52. The second-order valence-electron chi connectivity index (χ2n) is 3.79. The zero-order chi connectivity index (χ0) is 12.4. The molecule has 90 valence electrons. The van der Waals surface area contributed by atoms with Crippen molar-refractivity contribution in [2.45, 2.75) is 19.4 Å². The fraction of sp³-hybridized carbons (Fsp3) is 0.333. The molecule has 0 fully saturated rings. The molecule has 1 heterocycles. The van der Waals surface area contributed by atoms with Crippen molar-refractivity contribution in [2.24, 2.45) is 0 Å². The Morgan fingerprint density at radius 3 is 2.88 bits per heavy atom. The number of carbonyl (C=O) groups excluding carboxylic acids is 1. The normalized spacial score (nSPS) is 14.6. The smallest absolute Gasteiger partial charge is 0.349 e. The van der Waals surface area contributed by atoms with E-state index >= 15 is 0 Å². The topological polar surface area (TPSA) is 72.8 Å². The molecule has 5 heteroatoms. The van der Waals surface area contributed by atoms with Gasteiger partial charge in [0.15, 0.2) is 0 Å². The van der Waals surface area contributed by atoms with E-state index in [1.54, 1.807) is 18.2 Å². The lowest BCUT2D eigenvalue weighted by molar-refractivity contribution is -0.163. The van der Waals surface area contributed by atoms with E-state index < -0.39 is 18.0 Å². The number of aliphatic carboxylic acids is 1. The highest BCUT2D eigenvalue weighted by molar-refractivity contribution is 5.78. The maximum absolute atomic E-state index is 11.0. The number of benzene rings is 1. The van der Waals surface area contributed by atoms with Gasteiger partial charge in [0.25, 0.3) is 0 Å². The van der Waals surface area contributed by atoms with Crippen LogP contribution in [-0.2, 0) is 20.7 Å². The second-order valence-corrected chi connectivity index (χ2v) is 3.79. The first-order valence-corrected chi connectivity index (χ1v) is 5.23. The Hall–Kier alpha value is -2.04. The lowest BCUT2D eigenvalue weighted by Crippen LogP contribution is -2.17. The van der Waals surface area contributed by atoms with Gasteiger partial charge in [0.2, 0.25) is 6.10 Å². The van der Waals surface area contributed by atoms with Crippen LogP contribution >= 0.6 is 0 Å². The zero-order valence-electron chi connectivity index (χ0n) is 9.30. The van der Waals surface area contributed by atoms with E-state index in [-0.39, 0.29) is 0 Å². The average Bonchev–Trinajstić information content (AvgIpc) is 2.72. The molecule has 0 aromatic heterocycles. The molecule has 1 aliphatic rings. The molecule has 0 amide bonds. The van der Waals surface area contributed by atoms with E-state index in [1.807, 2.05) is 0 Å². The highest BCUT2D eigenvalue weighted by Crippen LogP contribution is 2.29. The van der Waals surface area contributed by atoms with E-state index in [4.69, 9.17) is 14.6 Å². The Kier molecular flexibility index (Phi) is 2.99. The van der Waals surface area contributed by atoms with Gasteiger partial charge in [-0.2, -0.15) is 0 Å². The number of rotatable bonds is 3. The quantitative estimate of drug-likeness (QED) is 0.801. The first-order chi connectivity index (χ1) is 8.08. The molecule has 2 rings (SSSR count). The molecular formula is C12H12O5. The highest BCUT2D eigenvalue weighted by atomic mass is 16.6. The summed E-state index contributed by atoms with van der Waals surface area (Å²) in [5.41, 5.74) is 1.40. The van der Waals surface area contributed by atoms with Crippen LogP contribution < -0.4 is 4.74 Å². The predicted octanol–water partition coefficient (Wildman–Crippen LogP) is 1.31. The minimum Gasteiger partial charge on any atom is -0.493 e. The van der Waals surface area contributed by atoms with Crippen LogP contribution in [0.1, 0.15) is 24.2 Å². The lowest BCUT2D eigenvalue weighted by atomic mass is 10.0. The van der Waals surface area contributed by atoms with Crippen molar-refractivity contribution in [1.82, 2.24) is 0 Å². The minimum atomic E-state index is -1.25. The van der Waals surface area contributed by atoms with E-state index in [0.717, 1.165) is 17.7 Å². The fourth-order valence-corrected chi connectivity index (χ4v) is 1.80. The Balaban J connectivity index is 2.30. The number of fused-ring (bicyclic) bond motifs is 1. The van der Waals surface area contributed by atoms with Gasteiger partial charge in [-0.05, 0) is 17.7 Å². The SMILES string of the molecule is CC(=O)OC(C(=O)O)c1ccc2c(c1)CCO2. The third-order valence-electron chi connectivity index (χ3n) is 2.52. The summed E-state index contributed by atoms with van der Waals surface area (Å²) in [5.74, 6) is -1.03.